The van der Waals surface area contributed by atoms with Gasteiger partial charge in [0.1, 0.15) is 5.82 Å². The first-order valence-corrected chi connectivity index (χ1v) is 6.47. The largest absolute Gasteiger partial charge is 0.379 e. The summed E-state index contributed by atoms with van der Waals surface area (Å²) < 4.78 is 18.6. The van der Waals surface area contributed by atoms with Crippen molar-refractivity contribution in [3.05, 3.63) is 35.1 Å². The summed E-state index contributed by atoms with van der Waals surface area (Å²) in [6.45, 7) is 1.36. The number of benzene rings is 1. The second-order valence-electron chi connectivity index (χ2n) is 4.63. The van der Waals surface area contributed by atoms with Crippen LogP contribution in [0.3, 0.4) is 0 Å². The Morgan fingerprint density at radius 3 is 3.05 bits per heavy atom. The van der Waals surface area contributed by atoms with Gasteiger partial charge < -0.3 is 15.4 Å². The van der Waals surface area contributed by atoms with Gasteiger partial charge in [-0.2, -0.15) is 0 Å². The van der Waals surface area contributed by atoms with Crippen molar-refractivity contribution in [3.63, 3.8) is 0 Å². The number of nitrogens with zero attached hydrogens (tertiary/aromatic N) is 1. The van der Waals surface area contributed by atoms with Crippen molar-refractivity contribution >= 4 is 5.91 Å². The van der Waals surface area contributed by atoms with Gasteiger partial charge in [-0.3, -0.25) is 4.79 Å². The highest BCUT2D eigenvalue weighted by Gasteiger charge is 2.26. The van der Waals surface area contributed by atoms with Gasteiger partial charge in [-0.05, 0) is 24.6 Å². The Kier molecular flexibility index (Phi) is 4.72. The molecule has 1 aliphatic rings. The first-order valence-electron chi connectivity index (χ1n) is 6.47. The number of hydrogen-bond donors (Lipinski definition) is 1. The molecule has 1 unspecified atom stereocenters. The van der Waals surface area contributed by atoms with E-state index in [1.54, 1.807) is 11.9 Å². The maximum Gasteiger partial charge on any atom is 0.255 e. The number of rotatable bonds is 2. The standard InChI is InChI=1S/C15H17FN2O2/c1-18(13-6-8-20-10-13)15(19)14-5-4-12(16)9-11(14)3-2-7-17/h4-5,9,13H,6-8,10,17H2,1H3. The van der Waals surface area contributed by atoms with Crippen LogP contribution < -0.4 is 5.73 Å². The Labute approximate surface area is 117 Å². The van der Waals surface area contributed by atoms with E-state index in [-0.39, 0.29) is 18.5 Å². The molecule has 1 aliphatic heterocycles. The predicted octanol–water partition coefficient (Wildman–Crippen LogP) is 0.997. The van der Waals surface area contributed by atoms with Crippen molar-refractivity contribution in [2.24, 2.45) is 5.73 Å². The predicted molar refractivity (Wildman–Crippen MR) is 73.6 cm³/mol. The lowest BCUT2D eigenvalue weighted by Crippen LogP contribution is -2.37. The molecule has 5 heteroatoms. The average molecular weight is 276 g/mol. The van der Waals surface area contributed by atoms with Crippen LogP contribution >= 0.6 is 0 Å². The molecule has 0 spiro atoms. The van der Waals surface area contributed by atoms with E-state index < -0.39 is 5.82 Å². The highest BCUT2D eigenvalue weighted by molar-refractivity contribution is 5.96. The fourth-order valence-corrected chi connectivity index (χ4v) is 2.14. The first-order chi connectivity index (χ1) is 9.63. The number of likely N-dealkylation sites (N-methyl/N-ethyl adjacent to an activating group) is 1. The first kappa shape index (κ1) is 14.5. The highest BCUT2D eigenvalue weighted by atomic mass is 19.1. The lowest BCUT2D eigenvalue weighted by atomic mass is 10.1. The SMILES string of the molecule is CN(C(=O)c1ccc(F)cc1C#CCN)C1CCOC1. The van der Waals surface area contributed by atoms with Gasteiger partial charge in [0.15, 0.2) is 0 Å². The molecule has 0 saturated carbocycles. The van der Waals surface area contributed by atoms with Crippen LogP contribution in [0.5, 0.6) is 0 Å². The molecule has 1 atom stereocenters. The molecule has 2 rings (SSSR count). The van der Waals surface area contributed by atoms with E-state index in [2.05, 4.69) is 11.8 Å². The van der Waals surface area contributed by atoms with Crippen LogP contribution in [0.4, 0.5) is 4.39 Å². The smallest absolute Gasteiger partial charge is 0.255 e. The maximum atomic E-state index is 13.3. The zero-order valence-electron chi connectivity index (χ0n) is 11.4. The molecule has 1 aromatic rings. The Hall–Kier alpha value is -1.90. The minimum atomic E-state index is -0.422. The summed E-state index contributed by atoms with van der Waals surface area (Å²) in [5, 5.41) is 0. The summed E-state index contributed by atoms with van der Waals surface area (Å²) in [4.78, 5) is 14.1. The number of carbonyl (C=O) groups is 1. The van der Waals surface area contributed by atoms with Gasteiger partial charge >= 0.3 is 0 Å². The van der Waals surface area contributed by atoms with E-state index in [9.17, 15) is 9.18 Å². The van der Waals surface area contributed by atoms with Crippen molar-refractivity contribution in [2.45, 2.75) is 12.5 Å². The van der Waals surface area contributed by atoms with Gasteiger partial charge in [0, 0.05) is 19.2 Å². The Morgan fingerprint density at radius 2 is 2.40 bits per heavy atom. The van der Waals surface area contributed by atoms with E-state index >= 15 is 0 Å². The fraction of sp³-hybridized carbons (Fsp3) is 0.400. The number of halogens is 1. The van der Waals surface area contributed by atoms with E-state index in [1.165, 1.54) is 18.2 Å². The topological polar surface area (TPSA) is 55.6 Å². The summed E-state index contributed by atoms with van der Waals surface area (Å²) in [5.41, 5.74) is 6.08. The average Bonchev–Trinajstić information content (AvgIpc) is 2.97. The van der Waals surface area contributed by atoms with E-state index in [0.29, 0.717) is 24.3 Å². The molecule has 0 aliphatic carbocycles. The molecule has 4 nitrogen and oxygen atoms in total. The quantitative estimate of drug-likeness (QED) is 0.820. The van der Waals surface area contributed by atoms with E-state index in [1.807, 2.05) is 0 Å². The van der Waals surface area contributed by atoms with Crippen molar-refractivity contribution in [1.82, 2.24) is 4.90 Å². The highest BCUT2D eigenvalue weighted by Crippen LogP contribution is 2.17. The Balaban J connectivity index is 2.28. The zero-order chi connectivity index (χ0) is 14.5. The molecule has 1 saturated heterocycles. The van der Waals surface area contributed by atoms with Crippen molar-refractivity contribution < 1.29 is 13.9 Å². The van der Waals surface area contributed by atoms with Crippen LogP contribution in [-0.2, 0) is 4.74 Å². The molecular formula is C15H17FN2O2. The van der Waals surface area contributed by atoms with E-state index in [0.717, 1.165) is 6.42 Å². The molecule has 1 heterocycles. The molecule has 1 amide bonds. The molecule has 0 bridgehead atoms. The second-order valence-corrected chi connectivity index (χ2v) is 4.63. The van der Waals surface area contributed by atoms with Crippen LogP contribution in [0.15, 0.2) is 18.2 Å². The van der Waals surface area contributed by atoms with Crippen LogP contribution in [0.1, 0.15) is 22.3 Å². The van der Waals surface area contributed by atoms with Crippen molar-refractivity contribution in [2.75, 3.05) is 26.8 Å². The molecule has 0 aromatic heterocycles. The lowest BCUT2D eigenvalue weighted by Gasteiger charge is -2.23. The van der Waals surface area contributed by atoms with Crippen LogP contribution in [0, 0.1) is 17.7 Å². The monoisotopic (exact) mass is 276 g/mol. The van der Waals surface area contributed by atoms with Crippen molar-refractivity contribution in [3.8, 4) is 11.8 Å². The third-order valence-electron chi connectivity index (χ3n) is 3.31. The lowest BCUT2D eigenvalue weighted by molar-refractivity contribution is 0.0711. The summed E-state index contributed by atoms with van der Waals surface area (Å²) in [6.07, 6.45) is 0.813. The molecule has 20 heavy (non-hydrogen) atoms. The summed E-state index contributed by atoms with van der Waals surface area (Å²) in [6, 6.07) is 4.04. The molecule has 0 radical (unpaired) electrons. The Morgan fingerprint density at radius 1 is 1.60 bits per heavy atom. The fourth-order valence-electron chi connectivity index (χ4n) is 2.14. The molecular weight excluding hydrogens is 259 g/mol. The summed E-state index contributed by atoms with van der Waals surface area (Å²) >= 11 is 0. The van der Waals surface area contributed by atoms with Gasteiger partial charge in [0.25, 0.3) is 5.91 Å². The van der Waals surface area contributed by atoms with Crippen LogP contribution in [-0.4, -0.2) is 43.7 Å². The minimum Gasteiger partial charge on any atom is -0.379 e. The number of carbonyl (C=O) groups excluding carboxylic acids is 1. The Bertz CT molecular complexity index is 557. The number of nitrogens with two attached hydrogens (primary N) is 1. The molecule has 1 fully saturated rings. The van der Waals surface area contributed by atoms with Gasteiger partial charge in [-0.1, -0.05) is 11.8 Å². The molecule has 106 valence electrons. The van der Waals surface area contributed by atoms with Crippen LogP contribution in [0.2, 0.25) is 0 Å². The second kappa shape index (κ2) is 6.51. The third kappa shape index (κ3) is 3.16. The molecule has 1 aromatic carbocycles. The number of ether oxygens (including phenoxy) is 1. The summed E-state index contributed by atoms with van der Waals surface area (Å²) in [5.74, 6) is 4.80. The van der Waals surface area contributed by atoms with Gasteiger partial charge in [0.2, 0.25) is 0 Å². The van der Waals surface area contributed by atoms with E-state index in [4.69, 9.17) is 10.5 Å². The van der Waals surface area contributed by atoms with Gasteiger partial charge in [-0.25, -0.2) is 4.39 Å². The normalized spacial score (nSPS) is 17.4. The number of hydrogen-bond acceptors (Lipinski definition) is 3. The molecule has 2 N–H and O–H groups in total. The van der Waals surface area contributed by atoms with Crippen molar-refractivity contribution in [1.29, 1.82) is 0 Å². The summed E-state index contributed by atoms with van der Waals surface area (Å²) in [7, 11) is 1.73. The van der Waals surface area contributed by atoms with Gasteiger partial charge in [-0.15, -0.1) is 0 Å². The minimum absolute atomic E-state index is 0.0582. The number of amides is 1. The van der Waals surface area contributed by atoms with Crippen LogP contribution in [0.25, 0.3) is 0 Å². The maximum absolute atomic E-state index is 13.3. The third-order valence-corrected chi connectivity index (χ3v) is 3.31. The zero-order valence-corrected chi connectivity index (χ0v) is 11.4. The van der Waals surface area contributed by atoms with Gasteiger partial charge in [0.05, 0.1) is 24.8 Å².